The maximum absolute atomic E-state index is 12.8. The van der Waals surface area contributed by atoms with Crippen LogP contribution in [0.5, 0.6) is 0 Å². The Morgan fingerprint density at radius 2 is 2.15 bits per heavy atom. The van der Waals surface area contributed by atoms with Gasteiger partial charge in [-0.25, -0.2) is 4.98 Å². The first-order chi connectivity index (χ1) is 13.2. The van der Waals surface area contributed by atoms with Gasteiger partial charge in [-0.3, -0.25) is 9.69 Å². The SMILES string of the molecule is Cn1cnc([C@@H]2CN(Cc3nc(C4CCC4)no3)C[C@H]2C(=O)NC2CC2)c1. The van der Waals surface area contributed by atoms with E-state index < -0.39 is 0 Å². The van der Waals surface area contributed by atoms with Crippen molar-refractivity contribution >= 4 is 5.91 Å². The second-order valence-corrected chi connectivity index (χ2v) is 8.33. The molecule has 5 rings (SSSR count). The number of hydrogen-bond donors (Lipinski definition) is 1. The van der Waals surface area contributed by atoms with Crippen molar-refractivity contribution in [2.75, 3.05) is 13.1 Å². The number of carbonyl (C=O) groups is 1. The van der Waals surface area contributed by atoms with E-state index in [0.29, 0.717) is 30.9 Å². The Balaban J connectivity index is 1.30. The molecular formula is C19H26N6O2. The van der Waals surface area contributed by atoms with E-state index in [1.54, 1.807) is 6.33 Å². The molecule has 144 valence electrons. The molecule has 0 aromatic carbocycles. The van der Waals surface area contributed by atoms with Gasteiger partial charge in [0, 0.05) is 44.2 Å². The molecule has 3 fully saturated rings. The highest BCUT2D eigenvalue weighted by molar-refractivity contribution is 5.81. The Kier molecular flexibility index (Phi) is 4.22. The number of likely N-dealkylation sites (tertiary alicyclic amines) is 1. The van der Waals surface area contributed by atoms with E-state index in [1.165, 1.54) is 6.42 Å². The summed E-state index contributed by atoms with van der Waals surface area (Å²) in [5.41, 5.74) is 0.983. The summed E-state index contributed by atoms with van der Waals surface area (Å²) in [5.74, 6) is 2.13. The molecule has 0 bridgehead atoms. The van der Waals surface area contributed by atoms with E-state index in [2.05, 4.69) is 25.3 Å². The highest BCUT2D eigenvalue weighted by Crippen LogP contribution is 2.36. The van der Waals surface area contributed by atoms with E-state index in [0.717, 1.165) is 43.7 Å². The summed E-state index contributed by atoms with van der Waals surface area (Å²) in [6.07, 6.45) is 9.60. The number of aryl methyl sites for hydroxylation is 1. The second-order valence-electron chi connectivity index (χ2n) is 8.33. The van der Waals surface area contributed by atoms with Crippen molar-refractivity contribution in [1.29, 1.82) is 0 Å². The van der Waals surface area contributed by atoms with E-state index in [9.17, 15) is 4.79 Å². The molecule has 0 spiro atoms. The van der Waals surface area contributed by atoms with Crippen molar-refractivity contribution in [3.05, 3.63) is 29.9 Å². The number of hydrogen-bond acceptors (Lipinski definition) is 6. The maximum Gasteiger partial charge on any atom is 0.240 e. The number of imidazole rings is 1. The molecular weight excluding hydrogens is 344 g/mol. The number of rotatable bonds is 6. The van der Waals surface area contributed by atoms with Gasteiger partial charge in [0.1, 0.15) is 0 Å². The van der Waals surface area contributed by atoms with Gasteiger partial charge in [-0.15, -0.1) is 0 Å². The Hall–Kier alpha value is -2.22. The minimum atomic E-state index is -0.0884. The molecule has 2 aliphatic carbocycles. The quantitative estimate of drug-likeness (QED) is 0.830. The zero-order valence-electron chi connectivity index (χ0n) is 15.7. The van der Waals surface area contributed by atoms with Crippen LogP contribution in [0.2, 0.25) is 0 Å². The largest absolute Gasteiger partial charge is 0.353 e. The van der Waals surface area contributed by atoms with Crippen LogP contribution in [0.15, 0.2) is 17.0 Å². The lowest BCUT2D eigenvalue weighted by atomic mass is 9.85. The first kappa shape index (κ1) is 16.9. The predicted molar refractivity (Wildman–Crippen MR) is 96.8 cm³/mol. The molecule has 2 aromatic rings. The van der Waals surface area contributed by atoms with Gasteiger partial charge in [0.25, 0.3) is 0 Å². The molecule has 2 aromatic heterocycles. The monoisotopic (exact) mass is 370 g/mol. The molecule has 8 nitrogen and oxygen atoms in total. The topological polar surface area (TPSA) is 89.1 Å². The van der Waals surface area contributed by atoms with Gasteiger partial charge in [-0.1, -0.05) is 11.6 Å². The van der Waals surface area contributed by atoms with Crippen molar-refractivity contribution in [2.24, 2.45) is 13.0 Å². The van der Waals surface area contributed by atoms with Gasteiger partial charge >= 0.3 is 0 Å². The summed E-state index contributed by atoms with van der Waals surface area (Å²) in [6.45, 7) is 2.07. The molecule has 8 heteroatoms. The third-order valence-electron chi connectivity index (χ3n) is 6.07. The van der Waals surface area contributed by atoms with Crippen LogP contribution >= 0.6 is 0 Å². The van der Waals surface area contributed by atoms with Crippen LogP contribution in [-0.2, 0) is 18.4 Å². The van der Waals surface area contributed by atoms with Crippen LogP contribution in [0.1, 0.15) is 61.3 Å². The van der Waals surface area contributed by atoms with Crippen molar-refractivity contribution in [1.82, 2.24) is 29.9 Å². The summed E-state index contributed by atoms with van der Waals surface area (Å²) in [4.78, 5) is 24.1. The van der Waals surface area contributed by atoms with Gasteiger partial charge in [0.2, 0.25) is 11.8 Å². The lowest BCUT2D eigenvalue weighted by Gasteiger charge is -2.21. The molecule has 2 saturated carbocycles. The van der Waals surface area contributed by atoms with Crippen LogP contribution < -0.4 is 5.32 Å². The smallest absolute Gasteiger partial charge is 0.240 e. The van der Waals surface area contributed by atoms with Gasteiger partial charge < -0.3 is 14.4 Å². The fourth-order valence-corrected chi connectivity index (χ4v) is 4.10. The van der Waals surface area contributed by atoms with Gasteiger partial charge in [-0.2, -0.15) is 4.98 Å². The average Bonchev–Trinajstić information content (AvgIpc) is 2.97. The van der Waals surface area contributed by atoms with Crippen molar-refractivity contribution in [3.8, 4) is 0 Å². The van der Waals surface area contributed by atoms with Crippen molar-refractivity contribution in [3.63, 3.8) is 0 Å². The van der Waals surface area contributed by atoms with Gasteiger partial charge in [0.05, 0.1) is 24.5 Å². The number of carbonyl (C=O) groups excluding carboxylic acids is 1. The summed E-state index contributed by atoms with van der Waals surface area (Å²) in [7, 11) is 1.96. The lowest BCUT2D eigenvalue weighted by molar-refractivity contribution is -0.125. The molecule has 1 aliphatic heterocycles. The number of nitrogens with zero attached hydrogens (tertiary/aromatic N) is 5. The van der Waals surface area contributed by atoms with E-state index in [1.807, 2.05) is 17.8 Å². The maximum atomic E-state index is 12.8. The Labute approximate surface area is 158 Å². The predicted octanol–water partition coefficient (Wildman–Crippen LogP) is 1.56. The standard InChI is InChI=1S/C19H26N6O2/c1-24-9-16(20-11-24)14-7-25(8-15(14)19(26)21-13-5-6-13)10-17-22-18(23-27-17)12-3-2-4-12/h9,11-15H,2-8,10H2,1H3,(H,21,26)/t14-,15-/m1/s1. The highest BCUT2D eigenvalue weighted by Gasteiger charge is 2.41. The van der Waals surface area contributed by atoms with Crippen molar-refractivity contribution < 1.29 is 9.32 Å². The Morgan fingerprint density at radius 1 is 1.30 bits per heavy atom. The first-order valence-corrected chi connectivity index (χ1v) is 9.99. The zero-order valence-corrected chi connectivity index (χ0v) is 15.7. The molecule has 1 amide bonds. The van der Waals surface area contributed by atoms with Crippen LogP contribution in [0.4, 0.5) is 0 Å². The third-order valence-corrected chi connectivity index (χ3v) is 6.07. The molecule has 27 heavy (non-hydrogen) atoms. The lowest BCUT2D eigenvalue weighted by Crippen LogP contribution is -2.36. The summed E-state index contributed by atoms with van der Waals surface area (Å²) < 4.78 is 7.42. The van der Waals surface area contributed by atoms with Crippen LogP contribution in [-0.4, -0.2) is 49.6 Å². The normalized spacial score (nSPS) is 26.3. The fraction of sp³-hybridized carbons (Fsp3) is 0.684. The molecule has 2 atom stereocenters. The molecule has 1 N–H and O–H groups in total. The first-order valence-electron chi connectivity index (χ1n) is 9.99. The summed E-state index contributed by atoms with van der Waals surface area (Å²) >= 11 is 0. The van der Waals surface area contributed by atoms with Crippen LogP contribution in [0.25, 0.3) is 0 Å². The Bertz CT molecular complexity index is 822. The second kappa shape index (κ2) is 6.74. The van der Waals surface area contributed by atoms with Gasteiger partial charge in [-0.05, 0) is 25.7 Å². The average molecular weight is 370 g/mol. The number of aromatic nitrogens is 4. The van der Waals surface area contributed by atoms with E-state index in [4.69, 9.17) is 4.52 Å². The van der Waals surface area contributed by atoms with Crippen LogP contribution in [0, 0.1) is 5.92 Å². The fourth-order valence-electron chi connectivity index (χ4n) is 4.10. The van der Waals surface area contributed by atoms with E-state index >= 15 is 0 Å². The zero-order chi connectivity index (χ0) is 18.4. The van der Waals surface area contributed by atoms with E-state index in [-0.39, 0.29) is 17.7 Å². The van der Waals surface area contributed by atoms with Crippen LogP contribution in [0.3, 0.4) is 0 Å². The molecule has 3 aliphatic rings. The molecule has 1 saturated heterocycles. The van der Waals surface area contributed by atoms with Crippen molar-refractivity contribution in [2.45, 2.75) is 56.5 Å². The van der Waals surface area contributed by atoms with Gasteiger partial charge in [0.15, 0.2) is 5.82 Å². The number of nitrogens with one attached hydrogen (secondary N) is 1. The molecule has 0 unspecified atom stereocenters. The molecule has 0 radical (unpaired) electrons. The molecule has 3 heterocycles. The minimum absolute atomic E-state index is 0.0884. The summed E-state index contributed by atoms with van der Waals surface area (Å²) in [6, 6.07) is 0.372. The highest BCUT2D eigenvalue weighted by atomic mass is 16.5. The summed E-state index contributed by atoms with van der Waals surface area (Å²) in [5, 5.41) is 7.32. The Morgan fingerprint density at radius 3 is 2.81 bits per heavy atom. The minimum Gasteiger partial charge on any atom is -0.353 e. The third kappa shape index (κ3) is 3.50. The number of amides is 1.